The monoisotopic (exact) mass is 220 g/mol. The summed E-state index contributed by atoms with van der Waals surface area (Å²) in [6.07, 6.45) is 1.24. The highest BCUT2D eigenvalue weighted by Gasteiger charge is 2.19. The Bertz CT molecular complexity index is 209. The first-order valence-corrected chi connectivity index (χ1v) is 4.50. The van der Waals surface area contributed by atoms with Crippen molar-refractivity contribution in [3.63, 3.8) is 0 Å². The van der Waals surface area contributed by atoms with Crippen molar-refractivity contribution in [2.75, 3.05) is 21.1 Å². The van der Waals surface area contributed by atoms with Gasteiger partial charge in [-0.15, -0.1) is 0 Å². The predicted molar refractivity (Wildman–Crippen MR) is 55.1 cm³/mol. The van der Waals surface area contributed by atoms with Crippen LogP contribution in [0.15, 0.2) is 12.2 Å². The summed E-state index contributed by atoms with van der Waals surface area (Å²) < 4.78 is 0.684. The van der Waals surface area contributed by atoms with Gasteiger partial charge < -0.3 is 16.9 Å². The first-order chi connectivity index (χ1) is 5.75. The van der Waals surface area contributed by atoms with E-state index in [2.05, 4.69) is 6.58 Å². The molecule has 0 aliphatic heterocycles. The van der Waals surface area contributed by atoms with Gasteiger partial charge in [0.2, 0.25) is 0 Å². The van der Waals surface area contributed by atoms with Gasteiger partial charge in [-0.1, -0.05) is 6.58 Å². The third kappa shape index (κ3) is 6.13. The summed E-state index contributed by atoms with van der Waals surface area (Å²) in [4.78, 5) is 11.2. The largest absolute Gasteiger partial charge is 1.00 e. The van der Waals surface area contributed by atoms with Gasteiger partial charge in [0.25, 0.3) is 0 Å². The Kier molecular flexibility index (Phi) is 7.08. The summed E-state index contributed by atoms with van der Waals surface area (Å²) in [7, 11) is 6.07. The van der Waals surface area contributed by atoms with Gasteiger partial charge in [0.1, 0.15) is 6.17 Å². The van der Waals surface area contributed by atoms with Crippen LogP contribution in [-0.2, 0) is 4.79 Å². The van der Waals surface area contributed by atoms with Crippen molar-refractivity contribution in [1.82, 2.24) is 0 Å². The third-order valence-corrected chi connectivity index (χ3v) is 2.14. The number of nitrogens with two attached hydrogens (primary N) is 1. The minimum absolute atomic E-state index is 0. The van der Waals surface area contributed by atoms with Crippen LogP contribution in [0, 0.1) is 0 Å². The zero-order valence-corrected chi connectivity index (χ0v) is 10.3. The Labute approximate surface area is 93.0 Å². The summed E-state index contributed by atoms with van der Waals surface area (Å²) in [6.45, 7) is 5.34. The lowest BCUT2D eigenvalue weighted by molar-refractivity contribution is -0.896. The molecule has 0 bridgehead atoms. The summed E-state index contributed by atoms with van der Waals surface area (Å²) >= 11 is 0. The van der Waals surface area contributed by atoms with Crippen molar-refractivity contribution in [3.8, 4) is 0 Å². The summed E-state index contributed by atoms with van der Waals surface area (Å²) in [6, 6.07) is 0. The average molecular weight is 221 g/mol. The number of allylic oxidation sites excluding steroid dienone is 1. The number of hydrogen-bond acceptors (Lipinski definition) is 2. The molecule has 1 unspecified atom stereocenters. The minimum atomic E-state index is 0. The molecular weight excluding hydrogens is 200 g/mol. The lowest BCUT2D eigenvalue weighted by atomic mass is 10.1. The van der Waals surface area contributed by atoms with Gasteiger partial charge in [-0.05, 0) is 12.5 Å². The molecule has 0 aromatic rings. The van der Waals surface area contributed by atoms with Gasteiger partial charge in [-0.25, -0.2) is 0 Å². The fraction of sp³-hybridized carbons (Fsp3) is 0.700. The summed E-state index contributed by atoms with van der Waals surface area (Å²) in [5.41, 5.74) is 6.51. The third-order valence-electron chi connectivity index (χ3n) is 2.14. The quantitative estimate of drug-likeness (QED) is 0.328. The van der Waals surface area contributed by atoms with E-state index in [-0.39, 0.29) is 24.4 Å². The van der Waals surface area contributed by atoms with E-state index in [1.807, 2.05) is 21.1 Å². The molecule has 14 heavy (non-hydrogen) atoms. The second kappa shape index (κ2) is 6.17. The number of hydrogen-bond donors (Lipinski definition) is 1. The number of rotatable bonds is 5. The number of ketones is 1. The number of carbonyl (C=O) groups is 1. The topological polar surface area (TPSA) is 43.1 Å². The van der Waals surface area contributed by atoms with Crippen LogP contribution in [0.5, 0.6) is 0 Å². The number of carbonyl (C=O) groups excluding carboxylic acids is 1. The lowest BCUT2D eigenvalue weighted by Gasteiger charge is -2.30. The average Bonchev–Trinajstić information content (AvgIpc) is 1.97. The molecule has 0 saturated heterocycles. The molecule has 0 saturated carbocycles. The van der Waals surface area contributed by atoms with Gasteiger partial charge in [-0.2, -0.15) is 0 Å². The fourth-order valence-corrected chi connectivity index (χ4v) is 0.880. The normalized spacial score (nSPS) is 12.9. The van der Waals surface area contributed by atoms with E-state index in [0.717, 1.165) is 6.42 Å². The molecule has 0 aliphatic carbocycles. The Morgan fingerprint density at radius 1 is 1.43 bits per heavy atom. The van der Waals surface area contributed by atoms with Crippen LogP contribution in [-0.4, -0.2) is 37.6 Å². The standard InChI is InChI=1S/C10H21N2O.ClH/c1-8(2)9(13)6-7-10(11)12(3,4)5;/h10H,1,6-7,11H2,2-5H3;1H/q+1;/p-1. The number of quaternary nitrogens is 1. The molecule has 0 aromatic heterocycles. The molecule has 3 nitrogen and oxygen atoms in total. The van der Waals surface area contributed by atoms with Crippen molar-refractivity contribution in [3.05, 3.63) is 12.2 Å². The Morgan fingerprint density at radius 2 is 1.86 bits per heavy atom. The molecule has 0 radical (unpaired) electrons. The summed E-state index contributed by atoms with van der Waals surface area (Å²) in [5, 5.41) is 0. The van der Waals surface area contributed by atoms with Crippen LogP contribution >= 0.6 is 0 Å². The molecule has 0 aromatic carbocycles. The van der Waals surface area contributed by atoms with Crippen molar-refractivity contribution in [2.24, 2.45) is 5.73 Å². The molecule has 0 heterocycles. The first-order valence-electron chi connectivity index (χ1n) is 4.50. The van der Waals surface area contributed by atoms with Gasteiger partial charge in [0.15, 0.2) is 5.78 Å². The van der Waals surface area contributed by atoms with Crippen LogP contribution in [0.2, 0.25) is 0 Å². The van der Waals surface area contributed by atoms with Gasteiger partial charge in [-0.3, -0.25) is 10.5 Å². The van der Waals surface area contributed by atoms with E-state index in [0.29, 0.717) is 16.5 Å². The smallest absolute Gasteiger partial charge is 0.158 e. The molecule has 0 rings (SSSR count). The van der Waals surface area contributed by atoms with Gasteiger partial charge in [0.05, 0.1) is 21.1 Å². The highest BCUT2D eigenvalue weighted by Crippen LogP contribution is 2.07. The molecule has 84 valence electrons. The first kappa shape index (κ1) is 16.1. The van der Waals surface area contributed by atoms with Crippen LogP contribution in [0.25, 0.3) is 0 Å². The maximum atomic E-state index is 11.2. The van der Waals surface area contributed by atoms with Gasteiger partial charge >= 0.3 is 0 Å². The van der Waals surface area contributed by atoms with E-state index in [9.17, 15) is 4.79 Å². The van der Waals surface area contributed by atoms with E-state index >= 15 is 0 Å². The SMILES string of the molecule is C=C(C)C(=O)CCC(N)[N+](C)(C)C.[Cl-]. The molecule has 0 spiro atoms. The van der Waals surface area contributed by atoms with E-state index in [4.69, 9.17) is 5.73 Å². The molecular formula is C10H21ClN2O. The highest BCUT2D eigenvalue weighted by molar-refractivity contribution is 5.94. The number of nitrogens with zero attached hydrogens (tertiary/aromatic N) is 1. The maximum absolute atomic E-state index is 11.2. The molecule has 0 aliphatic rings. The molecule has 4 heteroatoms. The lowest BCUT2D eigenvalue weighted by Crippen LogP contribution is -3.00. The Hall–Kier alpha value is -0.380. The minimum Gasteiger partial charge on any atom is -1.00 e. The second-order valence-electron chi connectivity index (χ2n) is 4.43. The van der Waals surface area contributed by atoms with Crippen molar-refractivity contribution < 1.29 is 21.7 Å². The molecule has 0 fully saturated rings. The van der Waals surface area contributed by atoms with Crippen LogP contribution < -0.4 is 18.1 Å². The van der Waals surface area contributed by atoms with Crippen LogP contribution in [0.3, 0.4) is 0 Å². The second-order valence-corrected chi connectivity index (χ2v) is 4.43. The van der Waals surface area contributed by atoms with Crippen molar-refractivity contribution in [2.45, 2.75) is 25.9 Å². The number of halogens is 1. The van der Waals surface area contributed by atoms with Crippen molar-refractivity contribution >= 4 is 5.78 Å². The van der Waals surface area contributed by atoms with E-state index in [1.54, 1.807) is 6.92 Å². The molecule has 2 N–H and O–H groups in total. The maximum Gasteiger partial charge on any atom is 0.158 e. The van der Waals surface area contributed by atoms with Crippen LogP contribution in [0.4, 0.5) is 0 Å². The predicted octanol–water partition coefficient (Wildman–Crippen LogP) is -2.09. The van der Waals surface area contributed by atoms with E-state index in [1.165, 1.54) is 0 Å². The fourth-order valence-electron chi connectivity index (χ4n) is 0.880. The van der Waals surface area contributed by atoms with Crippen LogP contribution in [0.1, 0.15) is 19.8 Å². The Morgan fingerprint density at radius 3 is 2.14 bits per heavy atom. The van der Waals surface area contributed by atoms with E-state index < -0.39 is 0 Å². The van der Waals surface area contributed by atoms with Gasteiger partial charge in [0, 0.05) is 12.8 Å². The van der Waals surface area contributed by atoms with Crippen molar-refractivity contribution in [1.29, 1.82) is 0 Å². The molecule has 1 atom stereocenters. The summed E-state index contributed by atoms with van der Waals surface area (Å²) in [5.74, 6) is 0.115. The molecule has 0 amide bonds. The number of Topliss-reactive ketones (excluding diaryl/α,β-unsaturated/α-hetero) is 1. The Balaban J connectivity index is 0. The zero-order valence-electron chi connectivity index (χ0n) is 9.51. The zero-order chi connectivity index (χ0) is 10.6. The highest BCUT2D eigenvalue weighted by atomic mass is 35.5.